The number of piperidine rings is 1. The van der Waals surface area contributed by atoms with Crippen LogP contribution in [0.1, 0.15) is 22.3 Å². The van der Waals surface area contributed by atoms with Crippen molar-refractivity contribution in [2.75, 3.05) is 18.4 Å². The molecule has 4 rings (SSSR count). The molecule has 5 nitrogen and oxygen atoms in total. The lowest BCUT2D eigenvalue weighted by atomic mass is 9.93. The Labute approximate surface area is 166 Å². The quantitative estimate of drug-likeness (QED) is 0.695. The van der Waals surface area contributed by atoms with E-state index in [2.05, 4.69) is 10.3 Å². The first-order valence-electron chi connectivity index (χ1n) is 9.42. The van der Waals surface area contributed by atoms with Crippen molar-refractivity contribution in [3.8, 4) is 0 Å². The van der Waals surface area contributed by atoms with E-state index in [0.717, 1.165) is 21.4 Å². The maximum atomic E-state index is 14.4. The number of carbonyl (C=O) groups is 2. The molecule has 1 atom stereocenters. The van der Waals surface area contributed by atoms with Gasteiger partial charge in [0.05, 0.1) is 12.5 Å². The highest BCUT2D eigenvalue weighted by atomic mass is 19.3. The van der Waals surface area contributed by atoms with Crippen LogP contribution in [-0.4, -0.2) is 40.7 Å². The molecule has 2 heterocycles. The molecule has 7 heteroatoms. The van der Waals surface area contributed by atoms with E-state index >= 15 is 0 Å². The molecular formula is C22H21F2N3O2. The molecule has 0 bridgehead atoms. The normalized spacial score (nSPS) is 18.6. The fourth-order valence-electron chi connectivity index (χ4n) is 3.67. The molecule has 0 radical (unpaired) electrons. The average molecular weight is 397 g/mol. The average Bonchev–Trinajstić information content (AvgIpc) is 3.15. The van der Waals surface area contributed by atoms with Gasteiger partial charge < -0.3 is 15.2 Å². The highest BCUT2D eigenvalue weighted by Crippen LogP contribution is 2.32. The Morgan fingerprint density at radius 3 is 2.66 bits per heavy atom. The fourth-order valence-corrected chi connectivity index (χ4v) is 3.67. The number of carbonyl (C=O) groups excluding carboxylic acids is 2. The number of aromatic amines is 1. The number of rotatable bonds is 3. The monoisotopic (exact) mass is 397 g/mol. The number of anilines is 1. The van der Waals surface area contributed by atoms with Gasteiger partial charge in [0.1, 0.15) is 0 Å². The van der Waals surface area contributed by atoms with Crippen LogP contribution in [0.15, 0.2) is 54.7 Å². The Morgan fingerprint density at radius 2 is 1.90 bits per heavy atom. The van der Waals surface area contributed by atoms with Gasteiger partial charge in [0.25, 0.3) is 11.8 Å². The van der Waals surface area contributed by atoms with Crippen LogP contribution in [0.3, 0.4) is 0 Å². The van der Waals surface area contributed by atoms with Crippen molar-refractivity contribution in [2.45, 2.75) is 19.3 Å². The largest absolute Gasteiger partial charge is 0.361 e. The van der Waals surface area contributed by atoms with Gasteiger partial charge in [-0.1, -0.05) is 23.8 Å². The van der Waals surface area contributed by atoms with E-state index in [1.807, 2.05) is 25.1 Å². The van der Waals surface area contributed by atoms with Gasteiger partial charge in [-0.05, 0) is 42.6 Å². The van der Waals surface area contributed by atoms with Crippen LogP contribution in [0, 0.1) is 12.8 Å². The van der Waals surface area contributed by atoms with Gasteiger partial charge in [-0.25, -0.2) is 8.78 Å². The summed E-state index contributed by atoms with van der Waals surface area (Å²) in [5.74, 6) is -5.13. The number of likely N-dealkylation sites (tertiary alicyclic amines) is 1. The topological polar surface area (TPSA) is 65.2 Å². The molecule has 1 aromatic heterocycles. The summed E-state index contributed by atoms with van der Waals surface area (Å²) in [5.41, 5.74) is 2.65. The van der Waals surface area contributed by atoms with Crippen molar-refractivity contribution >= 4 is 28.4 Å². The summed E-state index contributed by atoms with van der Waals surface area (Å²) in [6, 6.07) is 14.0. The smallest absolute Gasteiger partial charge is 0.266 e. The molecule has 0 saturated carbocycles. The maximum absolute atomic E-state index is 14.4. The molecule has 2 amide bonds. The minimum atomic E-state index is -3.13. The summed E-state index contributed by atoms with van der Waals surface area (Å²) >= 11 is 0. The summed E-state index contributed by atoms with van der Waals surface area (Å²) in [5, 5.41) is 3.61. The molecule has 1 unspecified atom stereocenters. The van der Waals surface area contributed by atoms with E-state index < -0.39 is 36.6 Å². The lowest BCUT2D eigenvalue weighted by Gasteiger charge is -2.37. The SMILES string of the molecule is Cc1ccc(NC(=O)C2CN(C(=O)c3ccc4cc[nH]c4c3)CC(F)(F)C2)cc1. The van der Waals surface area contributed by atoms with E-state index in [0.29, 0.717) is 11.3 Å². The maximum Gasteiger partial charge on any atom is 0.266 e. The zero-order chi connectivity index (χ0) is 20.6. The van der Waals surface area contributed by atoms with Crippen LogP contribution >= 0.6 is 0 Å². The number of hydrogen-bond donors (Lipinski definition) is 2. The molecular weight excluding hydrogens is 376 g/mol. The number of halogens is 2. The van der Waals surface area contributed by atoms with Crippen molar-refractivity contribution in [3.63, 3.8) is 0 Å². The molecule has 2 N–H and O–H groups in total. The van der Waals surface area contributed by atoms with E-state index in [4.69, 9.17) is 0 Å². The number of aryl methyl sites for hydroxylation is 1. The van der Waals surface area contributed by atoms with Gasteiger partial charge in [-0.15, -0.1) is 0 Å². The minimum Gasteiger partial charge on any atom is -0.361 e. The van der Waals surface area contributed by atoms with E-state index in [1.165, 1.54) is 0 Å². The lowest BCUT2D eigenvalue weighted by molar-refractivity contribution is -0.130. The number of alkyl halides is 2. The minimum absolute atomic E-state index is 0.0467. The third-order valence-electron chi connectivity index (χ3n) is 5.19. The van der Waals surface area contributed by atoms with E-state index in [1.54, 1.807) is 36.5 Å². The molecule has 29 heavy (non-hydrogen) atoms. The third-order valence-corrected chi connectivity index (χ3v) is 5.19. The van der Waals surface area contributed by atoms with Crippen LogP contribution in [0.2, 0.25) is 0 Å². The van der Waals surface area contributed by atoms with Crippen LogP contribution in [0.25, 0.3) is 10.9 Å². The Bertz CT molecular complexity index is 1060. The molecule has 0 aliphatic carbocycles. The van der Waals surface area contributed by atoms with Crippen molar-refractivity contribution in [2.24, 2.45) is 5.92 Å². The number of aromatic nitrogens is 1. The van der Waals surface area contributed by atoms with Crippen LogP contribution in [0.5, 0.6) is 0 Å². The summed E-state index contributed by atoms with van der Waals surface area (Å²) in [6.07, 6.45) is 1.17. The zero-order valence-electron chi connectivity index (χ0n) is 15.9. The van der Waals surface area contributed by atoms with Crippen LogP contribution < -0.4 is 5.32 Å². The number of nitrogens with zero attached hydrogens (tertiary/aromatic N) is 1. The van der Waals surface area contributed by atoms with Gasteiger partial charge in [0, 0.05) is 35.9 Å². The van der Waals surface area contributed by atoms with Gasteiger partial charge in [0.15, 0.2) is 0 Å². The van der Waals surface area contributed by atoms with Crippen molar-refractivity contribution in [1.29, 1.82) is 0 Å². The standard InChI is InChI=1S/C22H21F2N3O2/c1-14-2-6-18(7-3-14)26-20(28)17-11-22(23,24)13-27(12-17)21(29)16-5-4-15-8-9-25-19(15)10-16/h2-10,17,25H,11-13H2,1H3,(H,26,28). The number of benzene rings is 2. The number of fused-ring (bicyclic) bond motifs is 1. The van der Waals surface area contributed by atoms with Crippen LogP contribution in [0.4, 0.5) is 14.5 Å². The summed E-state index contributed by atoms with van der Waals surface area (Å²) < 4.78 is 28.7. The summed E-state index contributed by atoms with van der Waals surface area (Å²) in [7, 11) is 0. The van der Waals surface area contributed by atoms with E-state index in [-0.39, 0.29) is 6.54 Å². The van der Waals surface area contributed by atoms with Gasteiger partial charge in [-0.3, -0.25) is 9.59 Å². The second-order valence-electron chi connectivity index (χ2n) is 7.58. The number of hydrogen-bond acceptors (Lipinski definition) is 2. The Hall–Kier alpha value is -3.22. The number of nitrogens with one attached hydrogen (secondary N) is 2. The van der Waals surface area contributed by atoms with Gasteiger partial charge in [-0.2, -0.15) is 0 Å². The lowest BCUT2D eigenvalue weighted by Crippen LogP contribution is -2.52. The molecule has 1 saturated heterocycles. The highest BCUT2D eigenvalue weighted by molar-refractivity contribution is 5.99. The second kappa shape index (κ2) is 7.31. The first-order chi connectivity index (χ1) is 13.8. The predicted molar refractivity (Wildman–Crippen MR) is 107 cm³/mol. The van der Waals surface area contributed by atoms with Gasteiger partial charge in [0.2, 0.25) is 5.91 Å². The predicted octanol–water partition coefficient (Wildman–Crippen LogP) is 4.21. The van der Waals surface area contributed by atoms with Crippen molar-refractivity contribution in [1.82, 2.24) is 9.88 Å². The van der Waals surface area contributed by atoms with Crippen LogP contribution in [-0.2, 0) is 4.79 Å². The Kier molecular flexibility index (Phi) is 4.82. The highest BCUT2D eigenvalue weighted by Gasteiger charge is 2.44. The molecule has 3 aromatic rings. The first-order valence-corrected chi connectivity index (χ1v) is 9.42. The van der Waals surface area contributed by atoms with Crippen molar-refractivity contribution in [3.05, 3.63) is 65.9 Å². The van der Waals surface area contributed by atoms with Crippen molar-refractivity contribution < 1.29 is 18.4 Å². The third kappa shape index (κ3) is 4.13. The molecule has 1 aliphatic heterocycles. The molecule has 1 aliphatic rings. The fraction of sp³-hybridized carbons (Fsp3) is 0.273. The zero-order valence-corrected chi connectivity index (χ0v) is 15.9. The number of H-pyrrole nitrogens is 1. The van der Waals surface area contributed by atoms with Gasteiger partial charge >= 0.3 is 0 Å². The first kappa shape index (κ1) is 19.1. The number of amides is 2. The second-order valence-corrected chi connectivity index (χ2v) is 7.58. The molecule has 150 valence electrons. The molecule has 0 spiro atoms. The Balaban J connectivity index is 1.52. The van der Waals surface area contributed by atoms with E-state index in [9.17, 15) is 18.4 Å². The molecule has 2 aromatic carbocycles. The Morgan fingerprint density at radius 1 is 1.14 bits per heavy atom. The molecule has 1 fully saturated rings. The summed E-state index contributed by atoms with van der Waals surface area (Å²) in [6.45, 7) is 1.18. The summed E-state index contributed by atoms with van der Waals surface area (Å²) in [4.78, 5) is 29.5.